The molecule has 3 saturated carbocycles. The van der Waals surface area contributed by atoms with Gasteiger partial charge in [0, 0.05) is 12.3 Å². The number of hydrogen-bond donors (Lipinski definition) is 6. The summed E-state index contributed by atoms with van der Waals surface area (Å²) in [6, 6.07) is 5.54. The Morgan fingerprint density at radius 1 is 1.11 bits per heavy atom. The molecule has 0 aromatic heterocycles. The molecular weight excluding hydrogens is 468 g/mol. The molecular formula is C23H28O12. The fourth-order valence-corrected chi connectivity index (χ4v) is 6.90. The third kappa shape index (κ3) is 2.80. The number of carbonyl (C=O) groups excluding carboxylic acids is 1. The number of phenols is 1. The molecule has 6 bridgehead atoms. The largest absolute Gasteiger partial charge is 0.508 e. The zero-order valence-corrected chi connectivity index (χ0v) is 18.8. The summed E-state index contributed by atoms with van der Waals surface area (Å²) < 4.78 is 29.6. The van der Waals surface area contributed by atoms with E-state index in [1.165, 1.54) is 24.3 Å². The highest BCUT2D eigenvalue weighted by Crippen LogP contribution is 2.81. The molecule has 4 saturated heterocycles. The molecule has 4 heterocycles. The van der Waals surface area contributed by atoms with Gasteiger partial charge in [-0.3, -0.25) is 0 Å². The zero-order valence-electron chi connectivity index (χ0n) is 18.8. The number of ether oxygens (including phenoxy) is 5. The number of benzene rings is 1. The second-order valence-electron chi connectivity index (χ2n) is 10.4. The minimum absolute atomic E-state index is 0.00282. The van der Waals surface area contributed by atoms with E-state index in [2.05, 4.69) is 0 Å². The van der Waals surface area contributed by atoms with Crippen LogP contribution in [0.25, 0.3) is 0 Å². The molecule has 7 unspecified atom stereocenters. The number of hydrogen-bond acceptors (Lipinski definition) is 12. The molecule has 11 atom stereocenters. The zero-order chi connectivity index (χ0) is 25.0. The van der Waals surface area contributed by atoms with E-state index >= 15 is 0 Å². The SMILES string of the molecule is C[C@@]12C[C@@]3(O)O[C@@H](O1)C1(COC(=O)c4ccc(O)cc4)C3C[C@@]12OC1OC(CO)C(O)C(O)C1O. The van der Waals surface area contributed by atoms with Crippen molar-refractivity contribution in [2.24, 2.45) is 11.3 Å². The Labute approximate surface area is 199 Å². The fourth-order valence-electron chi connectivity index (χ4n) is 6.90. The van der Waals surface area contributed by atoms with E-state index in [-0.39, 0.29) is 30.8 Å². The maximum absolute atomic E-state index is 12.7. The maximum Gasteiger partial charge on any atom is 0.338 e. The second-order valence-corrected chi connectivity index (χ2v) is 10.4. The summed E-state index contributed by atoms with van der Waals surface area (Å²) in [5.41, 5.74) is -3.27. The lowest BCUT2D eigenvalue weighted by atomic mass is 9.41. The molecule has 12 nitrogen and oxygen atoms in total. The van der Waals surface area contributed by atoms with Crippen LogP contribution in [0.3, 0.4) is 0 Å². The monoisotopic (exact) mass is 496 g/mol. The van der Waals surface area contributed by atoms with E-state index in [0.29, 0.717) is 0 Å². The smallest absolute Gasteiger partial charge is 0.338 e. The van der Waals surface area contributed by atoms with Crippen molar-refractivity contribution in [3.05, 3.63) is 29.8 Å². The number of aromatic hydroxyl groups is 1. The summed E-state index contributed by atoms with van der Waals surface area (Å²) in [4.78, 5) is 12.7. The van der Waals surface area contributed by atoms with Gasteiger partial charge in [-0.15, -0.1) is 0 Å². The molecule has 1 aromatic carbocycles. The number of esters is 1. The van der Waals surface area contributed by atoms with Crippen molar-refractivity contribution in [2.45, 2.75) is 73.8 Å². The summed E-state index contributed by atoms with van der Waals surface area (Å²) in [7, 11) is 0. The molecule has 4 aliphatic heterocycles. The summed E-state index contributed by atoms with van der Waals surface area (Å²) in [5.74, 6) is -2.68. The van der Waals surface area contributed by atoms with Gasteiger partial charge in [-0.2, -0.15) is 0 Å². The first-order valence-electron chi connectivity index (χ1n) is 11.5. The molecule has 7 fully saturated rings. The van der Waals surface area contributed by atoms with Crippen molar-refractivity contribution in [2.75, 3.05) is 13.2 Å². The van der Waals surface area contributed by atoms with E-state index in [1.54, 1.807) is 6.92 Å². The summed E-state index contributed by atoms with van der Waals surface area (Å²) >= 11 is 0. The second kappa shape index (κ2) is 7.34. The first kappa shape index (κ1) is 23.5. The van der Waals surface area contributed by atoms with E-state index in [1.807, 2.05) is 0 Å². The predicted molar refractivity (Wildman–Crippen MR) is 110 cm³/mol. The molecule has 35 heavy (non-hydrogen) atoms. The number of phenolic OH excluding ortho intramolecular Hbond substituents is 1. The number of aliphatic hydroxyl groups excluding tert-OH is 4. The molecule has 1 aromatic rings. The number of aliphatic hydroxyl groups is 5. The molecule has 6 N–H and O–H groups in total. The van der Waals surface area contributed by atoms with Crippen molar-refractivity contribution in [1.29, 1.82) is 0 Å². The molecule has 0 spiro atoms. The van der Waals surface area contributed by atoms with Crippen LogP contribution in [-0.4, -0.2) is 104 Å². The van der Waals surface area contributed by atoms with Gasteiger partial charge in [-0.1, -0.05) is 0 Å². The van der Waals surface area contributed by atoms with Gasteiger partial charge in [0.1, 0.15) is 48.0 Å². The van der Waals surface area contributed by atoms with E-state index < -0.39 is 77.9 Å². The van der Waals surface area contributed by atoms with Crippen molar-refractivity contribution < 1.29 is 59.1 Å². The lowest BCUT2D eigenvalue weighted by Gasteiger charge is -2.67. The van der Waals surface area contributed by atoms with Gasteiger partial charge in [0.15, 0.2) is 18.4 Å². The Hall–Kier alpha value is -1.87. The molecule has 8 rings (SSSR count). The first-order valence-corrected chi connectivity index (χ1v) is 11.5. The van der Waals surface area contributed by atoms with Gasteiger partial charge in [-0.05, 0) is 37.6 Å². The minimum atomic E-state index is -1.64. The van der Waals surface area contributed by atoms with E-state index in [9.17, 15) is 35.4 Å². The third-order valence-corrected chi connectivity index (χ3v) is 8.66. The quantitative estimate of drug-likeness (QED) is 0.247. The van der Waals surface area contributed by atoms with Crippen LogP contribution in [0, 0.1) is 11.3 Å². The Kier molecular flexibility index (Phi) is 4.93. The third-order valence-electron chi connectivity index (χ3n) is 8.66. The van der Waals surface area contributed by atoms with Crippen molar-refractivity contribution in [1.82, 2.24) is 0 Å². The summed E-state index contributed by atoms with van der Waals surface area (Å²) in [5, 5.41) is 61.2. The highest BCUT2D eigenvalue weighted by molar-refractivity contribution is 5.89. The van der Waals surface area contributed by atoms with Crippen LogP contribution in [0.1, 0.15) is 30.1 Å². The molecule has 192 valence electrons. The van der Waals surface area contributed by atoms with Crippen molar-refractivity contribution in [3.63, 3.8) is 0 Å². The van der Waals surface area contributed by atoms with Gasteiger partial charge in [0.2, 0.25) is 0 Å². The van der Waals surface area contributed by atoms with Crippen LogP contribution in [0.5, 0.6) is 5.75 Å². The van der Waals surface area contributed by atoms with E-state index in [0.717, 1.165) is 0 Å². The first-order chi connectivity index (χ1) is 16.5. The minimum Gasteiger partial charge on any atom is -0.508 e. The maximum atomic E-state index is 12.7. The Bertz CT molecular complexity index is 1030. The summed E-state index contributed by atoms with van der Waals surface area (Å²) in [6.45, 7) is 0.878. The van der Waals surface area contributed by atoms with Gasteiger partial charge < -0.3 is 54.3 Å². The Morgan fingerprint density at radius 2 is 1.83 bits per heavy atom. The fraction of sp³-hybridized carbons (Fsp3) is 0.696. The van der Waals surface area contributed by atoms with Crippen LogP contribution < -0.4 is 0 Å². The van der Waals surface area contributed by atoms with Gasteiger partial charge in [0.25, 0.3) is 0 Å². The van der Waals surface area contributed by atoms with Crippen LogP contribution in [-0.2, 0) is 23.7 Å². The topological polar surface area (TPSA) is 185 Å². The van der Waals surface area contributed by atoms with Gasteiger partial charge in [0.05, 0.1) is 17.6 Å². The molecule has 12 heteroatoms. The van der Waals surface area contributed by atoms with E-state index in [4.69, 9.17) is 23.7 Å². The average molecular weight is 496 g/mol. The van der Waals surface area contributed by atoms with Crippen LogP contribution >= 0.6 is 0 Å². The van der Waals surface area contributed by atoms with Crippen LogP contribution in [0.4, 0.5) is 0 Å². The standard InChI is InChI=1S/C23H28O12/c1-20-8-22(30)13-6-23(20,33-18-16(28)15(27)14(26)12(7-24)32-18)21(13,19(34-20)35-22)9-31-17(29)10-2-4-11(25)5-3-10/h2-5,12-16,18-19,24-28,30H,6-9H2,1H3/t12?,13?,14?,15?,16?,18?,19-,20+,21?,22-,23+/m1/s1. The Morgan fingerprint density at radius 3 is 2.51 bits per heavy atom. The molecule has 0 amide bonds. The molecule has 7 aliphatic rings. The van der Waals surface area contributed by atoms with Gasteiger partial charge in [-0.25, -0.2) is 4.79 Å². The highest BCUT2D eigenvalue weighted by atomic mass is 16.8. The predicted octanol–water partition coefficient (Wildman–Crippen LogP) is -1.65. The molecule has 3 aliphatic carbocycles. The Balaban J connectivity index is 1.31. The normalized spacial score (nSPS) is 51.3. The lowest BCUT2D eigenvalue weighted by molar-refractivity contribution is -0.424. The average Bonchev–Trinajstić information content (AvgIpc) is 3.00. The lowest BCUT2D eigenvalue weighted by Crippen LogP contribution is -2.80. The molecule has 0 radical (unpaired) electrons. The van der Waals surface area contributed by atoms with Crippen LogP contribution in [0.15, 0.2) is 24.3 Å². The highest BCUT2D eigenvalue weighted by Gasteiger charge is 2.94. The summed E-state index contributed by atoms with van der Waals surface area (Å²) in [6.07, 6.45) is -8.10. The van der Waals surface area contributed by atoms with Gasteiger partial charge >= 0.3 is 5.97 Å². The van der Waals surface area contributed by atoms with Crippen molar-refractivity contribution >= 4 is 5.97 Å². The number of rotatable bonds is 6. The number of carbonyl (C=O) groups is 1. The van der Waals surface area contributed by atoms with Crippen molar-refractivity contribution in [3.8, 4) is 5.75 Å². The van der Waals surface area contributed by atoms with Crippen LogP contribution in [0.2, 0.25) is 0 Å².